The fraction of sp³-hybridized carbons (Fsp3) is 0.588. The van der Waals surface area contributed by atoms with Crippen LogP contribution < -0.4 is 10.6 Å². The highest BCUT2D eigenvalue weighted by Gasteiger charge is 2.18. The maximum atomic E-state index is 11.8. The van der Waals surface area contributed by atoms with Gasteiger partial charge in [-0.05, 0) is 57.1 Å². The average Bonchev–Trinajstić information content (AvgIpc) is 2.47. The molecule has 2 rings (SSSR count). The van der Waals surface area contributed by atoms with Crippen molar-refractivity contribution in [1.82, 2.24) is 10.2 Å². The molecule has 0 aliphatic carbocycles. The normalized spacial score (nSPS) is 22.3. The van der Waals surface area contributed by atoms with Crippen molar-refractivity contribution in [3.8, 4) is 0 Å². The largest absolute Gasteiger partial charge is 0.326 e. The first-order chi connectivity index (χ1) is 10.0. The lowest BCUT2D eigenvalue weighted by atomic mass is 9.92. The molecule has 1 fully saturated rings. The molecule has 0 bridgehead atoms. The Morgan fingerprint density at radius 2 is 2.00 bits per heavy atom. The minimum absolute atomic E-state index is 0.0704. The molecular weight excluding hydrogens is 262 g/mol. The van der Waals surface area contributed by atoms with Gasteiger partial charge < -0.3 is 15.5 Å². The molecule has 1 heterocycles. The summed E-state index contributed by atoms with van der Waals surface area (Å²) in [5.74, 6) is 0.845. The van der Waals surface area contributed by atoms with Gasteiger partial charge in [0.2, 0.25) is 5.91 Å². The van der Waals surface area contributed by atoms with E-state index in [2.05, 4.69) is 29.7 Å². The molecule has 0 aromatic heterocycles. The van der Waals surface area contributed by atoms with E-state index >= 15 is 0 Å². The van der Waals surface area contributed by atoms with Crippen LogP contribution in [0.1, 0.15) is 37.8 Å². The van der Waals surface area contributed by atoms with E-state index in [0.29, 0.717) is 12.5 Å². The van der Waals surface area contributed by atoms with E-state index < -0.39 is 0 Å². The zero-order valence-electron chi connectivity index (χ0n) is 13.4. The lowest BCUT2D eigenvalue weighted by molar-refractivity contribution is -0.116. The molecule has 21 heavy (non-hydrogen) atoms. The number of carbonyl (C=O) groups is 1. The van der Waals surface area contributed by atoms with Crippen molar-refractivity contribution in [1.29, 1.82) is 0 Å². The van der Waals surface area contributed by atoms with Gasteiger partial charge >= 0.3 is 0 Å². The van der Waals surface area contributed by atoms with Gasteiger partial charge in [0.05, 0.1) is 0 Å². The number of rotatable bonds is 5. The molecule has 0 spiro atoms. The van der Waals surface area contributed by atoms with Crippen LogP contribution in [0.3, 0.4) is 0 Å². The molecule has 4 heteroatoms. The van der Waals surface area contributed by atoms with E-state index in [1.165, 1.54) is 18.4 Å². The van der Waals surface area contributed by atoms with Crippen molar-refractivity contribution in [2.24, 2.45) is 5.92 Å². The lowest BCUT2D eigenvalue weighted by Gasteiger charge is -2.28. The number of piperidine rings is 1. The van der Waals surface area contributed by atoms with Gasteiger partial charge in [0.25, 0.3) is 0 Å². The Kier molecular flexibility index (Phi) is 5.76. The van der Waals surface area contributed by atoms with E-state index in [-0.39, 0.29) is 5.91 Å². The summed E-state index contributed by atoms with van der Waals surface area (Å²) in [7, 11) is 3.94. The Bertz CT molecular complexity index is 448. The van der Waals surface area contributed by atoms with Gasteiger partial charge in [-0.1, -0.05) is 19.1 Å². The second kappa shape index (κ2) is 7.57. The number of hydrogen-bond acceptors (Lipinski definition) is 3. The maximum Gasteiger partial charge on any atom is 0.225 e. The second-order valence-corrected chi connectivity index (χ2v) is 6.37. The van der Waals surface area contributed by atoms with Gasteiger partial charge in [-0.3, -0.25) is 4.79 Å². The monoisotopic (exact) mass is 289 g/mol. The van der Waals surface area contributed by atoms with Gasteiger partial charge in [-0.25, -0.2) is 0 Å². The van der Waals surface area contributed by atoms with Gasteiger partial charge in [-0.2, -0.15) is 0 Å². The standard InChI is InChI=1S/C17H27N3O/c1-13-4-9-16(18-12-13)14-5-7-15(8-6-14)19-17(21)10-11-20(2)3/h5-8,13,16,18H,4,9-12H2,1-3H3,(H,19,21)/t13-,16+/m0/s1. The molecule has 1 aromatic rings. The predicted octanol–water partition coefficient (Wildman–Crippen LogP) is 2.64. The summed E-state index contributed by atoms with van der Waals surface area (Å²) in [6.45, 7) is 4.15. The van der Waals surface area contributed by atoms with Crippen LogP contribution in [0.25, 0.3) is 0 Å². The molecule has 1 aliphatic heterocycles. The number of carbonyl (C=O) groups excluding carboxylic acids is 1. The van der Waals surface area contributed by atoms with Crippen LogP contribution >= 0.6 is 0 Å². The van der Waals surface area contributed by atoms with E-state index in [9.17, 15) is 4.79 Å². The van der Waals surface area contributed by atoms with Crippen LogP contribution in [0, 0.1) is 5.92 Å². The van der Waals surface area contributed by atoms with E-state index in [1.54, 1.807) is 0 Å². The van der Waals surface area contributed by atoms with Crippen LogP contribution in [0.15, 0.2) is 24.3 Å². The Morgan fingerprint density at radius 3 is 2.57 bits per heavy atom. The zero-order chi connectivity index (χ0) is 15.2. The smallest absolute Gasteiger partial charge is 0.225 e. The van der Waals surface area contributed by atoms with Crippen molar-refractivity contribution in [3.05, 3.63) is 29.8 Å². The zero-order valence-corrected chi connectivity index (χ0v) is 13.4. The Morgan fingerprint density at radius 1 is 1.29 bits per heavy atom. The van der Waals surface area contributed by atoms with Crippen LogP contribution in [0.5, 0.6) is 0 Å². The highest BCUT2D eigenvalue weighted by molar-refractivity contribution is 5.90. The quantitative estimate of drug-likeness (QED) is 0.876. The average molecular weight is 289 g/mol. The summed E-state index contributed by atoms with van der Waals surface area (Å²) in [5.41, 5.74) is 2.19. The maximum absolute atomic E-state index is 11.8. The highest BCUT2D eigenvalue weighted by Crippen LogP contribution is 2.26. The van der Waals surface area contributed by atoms with Crippen molar-refractivity contribution >= 4 is 11.6 Å². The molecule has 1 aromatic carbocycles. The minimum atomic E-state index is 0.0704. The second-order valence-electron chi connectivity index (χ2n) is 6.37. The van der Waals surface area contributed by atoms with E-state index in [0.717, 1.165) is 24.7 Å². The number of anilines is 1. The number of hydrogen-bond donors (Lipinski definition) is 2. The molecule has 0 radical (unpaired) electrons. The van der Waals surface area contributed by atoms with Crippen molar-refractivity contribution in [2.75, 3.05) is 32.5 Å². The number of nitrogens with one attached hydrogen (secondary N) is 2. The van der Waals surface area contributed by atoms with Crippen LogP contribution in [0.2, 0.25) is 0 Å². The van der Waals surface area contributed by atoms with Crippen molar-refractivity contribution in [3.63, 3.8) is 0 Å². The Labute approximate surface area is 127 Å². The van der Waals surface area contributed by atoms with Gasteiger partial charge in [0.15, 0.2) is 0 Å². The van der Waals surface area contributed by atoms with E-state index in [4.69, 9.17) is 0 Å². The van der Waals surface area contributed by atoms with Gasteiger partial charge in [0.1, 0.15) is 0 Å². The molecule has 2 atom stereocenters. The molecule has 2 N–H and O–H groups in total. The van der Waals surface area contributed by atoms with Gasteiger partial charge in [-0.15, -0.1) is 0 Å². The highest BCUT2D eigenvalue weighted by atomic mass is 16.1. The first-order valence-electron chi connectivity index (χ1n) is 7.82. The predicted molar refractivity (Wildman–Crippen MR) is 87.4 cm³/mol. The third-order valence-electron chi connectivity index (χ3n) is 4.04. The molecule has 4 nitrogen and oxygen atoms in total. The fourth-order valence-corrected chi connectivity index (χ4v) is 2.63. The fourth-order valence-electron chi connectivity index (χ4n) is 2.63. The summed E-state index contributed by atoms with van der Waals surface area (Å²) in [4.78, 5) is 13.8. The van der Waals surface area contributed by atoms with Crippen LogP contribution in [0.4, 0.5) is 5.69 Å². The first-order valence-corrected chi connectivity index (χ1v) is 7.82. The van der Waals surface area contributed by atoms with Crippen molar-refractivity contribution in [2.45, 2.75) is 32.2 Å². The molecule has 1 saturated heterocycles. The Balaban J connectivity index is 1.85. The summed E-state index contributed by atoms with van der Waals surface area (Å²) in [6.07, 6.45) is 2.99. The van der Waals surface area contributed by atoms with E-state index in [1.807, 2.05) is 31.1 Å². The summed E-state index contributed by atoms with van der Waals surface area (Å²) >= 11 is 0. The topological polar surface area (TPSA) is 44.4 Å². The molecule has 0 unspecified atom stereocenters. The lowest BCUT2D eigenvalue weighted by Crippen LogP contribution is -2.31. The Hall–Kier alpha value is -1.39. The third kappa shape index (κ3) is 5.14. The minimum Gasteiger partial charge on any atom is -0.326 e. The van der Waals surface area contributed by atoms with Crippen LogP contribution in [-0.2, 0) is 4.79 Å². The van der Waals surface area contributed by atoms with Gasteiger partial charge in [0, 0.05) is 24.7 Å². The number of nitrogens with zero attached hydrogens (tertiary/aromatic N) is 1. The molecule has 1 aliphatic rings. The molecule has 116 valence electrons. The molecule has 0 saturated carbocycles. The summed E-state index contributed by atoms with van der Waals surface area (Å²) < 4.78 is 0. The SMILES string of the molecule is C[C@H]1CC[C@H](c2ccc(NC(=O)CCN(C)C)cc2)NC1. The third-order valence-corrected chi connectivity index (χ3v) is 4.04. The number of amides is 1. The number of benzene rings is 1. The molecule has 1 amide bonds. The molecular formula is C17H27N3O. The summed E-state index contributed by atoms with van der Waals surface area (Å²) in [6, 6.07) is 8.70. The first kappa shape index (κ1) is 16.0. The van der Waals surface area contributed by atoms with Crippen molar-refractivity contribution < 1.29 is 4.79 Å². The summed E-state index contributed by atoms with van der Waals surface area (Å²) in [5, 5.41) is 6.53. The van der Waals surface area contributed by atoms with Crippen LogP contribution in [-0.4, -0.2) is 38.0 Å².